The summed E-state index contributed by atoms with van der Waals surface area (Å²) < 4.78 is 0. The highest BCUT2D eigenvalue weighted by atomic mass is 16.4. The standard InChI is InChI=1S/C16H21NO3/c1-10-8-11(2)13(12(3)9-10)4-7-17-14(18)16(5-6-16)15(19)20/h8-9H,4-7H2,1-3H3,(H,17,18)(H,19,20). The average molecular weight is 275 g/mol. The molecule has 0 spiro atoms. The molecule has 108 valence electrons. The molecule has 0 aliphatic heterocycles. The molecule has 1 aliphatic carbocycles. The van der Waals surface area contributed by atoms with Crippen molar-refractivity contribution in [3.63, 3.8) is 0 Å². The van der Waals surface area contributed by atoms with E-state index in [9.17, 15) is 9.59 Å². The third-order valence-electron chi connectivity index (χ3n) is 4.09. The van der Waals surface area contributed by atoms with Crippen molar-refractivity contribution >= 4 is 11.9 Å². The number of nitrogens with one attached hydrogen (secondary N) is 1. The maximum Gasteiger partial charge on any atom is 0.319 e. The van der Waals surface area contributed by atoms with Crippen LogP contribution in [0.2, 0.25) is 0 Å². The number of carbonyl (C=O) groups excluding carboxylic acids is 1. The summed E-state index contributed by atoms with van der Waals surface area (Å²) >= 11 is 0. The second-order valence-electron chi connectivity index (χ2n) is 5.77. The summed E-state index contributed by atoms with van der Waals surface area (Å²) in [6.45, 7) is 6.68. The van der Waals surface area contributed by atoms with Gasteiger partial charge in [-0.15, -0.1) is 0 Å². The molecule has 4 heteroatoms. The van der Waals surface area contributed by atoms with E-state index in [0.717, 1.165) is 6.42 Å². The van der Waals surface area contributed by atoms with Gasteiger partial charge < -0.3 is 10.4 Å². The summed E-state index contributed by atoms with van der Waals surface area (Å²) in [6.07, 6.45) is 1.65. The molecule has 1 fully saturated rings. The van der Waals surface area contributed by atoms with Crippen LogP contribution in [0.15, 0.2) is 12.1 Å². The van der Waals surface area contributed by atoms with E-state index < -0.39 is 11.4 Å². The fourth-order valence-electron chi connectivity index (χ4n) is 2.74. The van der Waals surface area contributed by atoms with Crippen molar-refractivity contribution in [3.05, 3.63) is 34.4 Å². The summed E-state index contributed by atoms with van der Waals surface area (Å²) in [4.78, 5) is 22.9. The molecule has 0 saturated heterocycles. The van der Waals surface area contributed by atoms with Gasteiger partial charge in [0.1, 0.15) is 5.41 Å². The average Bonchev–Trinajstić information content (AvgIpc) is 3.13. The van der Waals surface area contributed by atoms with Gasteiger partial charge in [-0.1, -0.05) is 17.7 Å². The molecule has 1 amide bonds. The Labute approximate surface area is 119 Å². The number of hydrogen-bond donors (Lipinski definition) is 2. The Balaban J connectivity index is 1.94. The van der Waals surface area contributed by atoms with E-state index in [1.807, 2.05) is 0 Å². The Hall–Kier alpha value is -1.84. The molecule has 1 saturated carbocycles. The van der Waals surface area contributed by atoms with Crippen molar-refractivity contribution < 1.29 is 14.7 Å². The number of carboxylic acids is 1. The van der Waals surface area contributed by atoms with Gasteiger partial charge in [-0.2, -0.15) is 0 Å². The number of amides is 1. The van der Waals surface area contributed by atoms with E-state index in [-0.39, 0.29) is 5.91 Å². The lowest BCUT2D eigenvalue weighted by atomic mass is 9.97. The molecule has 0 aromatic heterocycles. The lowest BCUT2D eigenvalue weighted by molar-refractivity contribution is -0.149. The van der Waals surface area contributed by atoms with Crippen LogP contribution in [-0.4, -0.2) is 23.5 Å². The van der Waals surface area contributed by atoms with E-state index >= 15 is 0 Å². The lowest BCUT2D eigenvalue weighted by Crippen LogP contribution is -2.38. The Bertz CT molecular complexity index is 536. The minimum atomic E-state index is -1.14. The second kappa shape index (κ2) is 5.27. The SMILES string of the molecule is Cc1cc(C)c(CCNC(=O)C2(C(=O)O)CC2)c(C)c1. The van der Waals surface area contributed by atoms with Crippen molar-refractivity contribution in [2.45, 2.75) is 40.0 Å². The minimum absolute atomic E-state index is 0.340. The number of rotatable bonds is 5. The van der Waals surface area contributed by atoms with E-state index in [2.05, 4.69) is 38.2 Å². The van der Waals surface area contributed by atoms with Crippen molar-refractivity contribution in [2.24, 2.45) is 5.41 Å². The van der Waals surface area contributed by atoms with Gasteiger partial charge in [0.2, 0.25) is 5.91 Å². The van der Waals surface area contributed by atoms with Crippen LogP contribution in [0, 0.1) is 26.2 Å². The van der Waals surface area contributed by atoms with Crippen molar-refractivity contribution in [2.75, 3.05) is 6.54 Å². The molecule has 2 rings (SSSR count). The van der Waals surface area contributed by atoms with E-state index in [0.29, 0.717) is 19.4 Å². The first kappa shape index (κ1) is 14.6. The van der Waals surface area contributed by atoms with Gasteiger partial charge in [0, 0.05) is 6.54 Å². The predicted molar refractivity (Wildman–Crippen MR) is 76.7 cm³/mol. The number of carboxylic acid groups (broad SMARTS) is 1. The van der Waals surface area contributed by atoms with Crippen molar-refractivity contribution in [1.29, 1.82) is 0 Å². The van der Waals surface area contributed by atoms with Crippen LogP contribution < -0.4 is 5.32 Å². The fraction of sp³-hybridized carbons (Fsp3) is 0.500. The van der Waals surface area contributed by atoms with E-state index in [4.69, 9.17) is 5.11 Å². The number of carbonyl (C=O) groups is 2. The van der Waals surface area contributed by atoms with Crippen molar-refractivity contribution in [1.82, 2.24) is 5.32 Å². The van der Waals surface area contributed by atoms with Crippen LogP contribution in [0.25, 0.3) is 0 Å². The number of benzene rings is 1. The van der Waals surface area contributed by atoms with Gasteiger partial charge in [0.15, 0.2) is 0 Å². The van der Waals surface area contributed by atoms with Gasteiger partial charge in [0.25, 0.3) is 0 Å². The maximum atomic E-state index is 11.9. The van der Waals surface area contributed by atoms with Crippen LogP contribution in [0.1, 0.15) is 35.1 Å². The molecule has 1 aromatic rings. The molecule has 1 aromatic carbocycles. The summed E-state index contributed by atoms with van der Waals surface area (Å²) in [5.74, 6) is -1.34. The summed E-state index contributed by atoms with van der Waals surface area (Å²) in [7, 11) is 0. The zero-order valence-electron chi connectivity index (χ0n) is 12.2. The minimum Gasteiger partial charge on any atom is -0.480 e. The van der Waals surface area contributed by atoms with Crippen LogP contribution in [0.4, 0.5) is 0 Å². The number of aliphatic carboxylic acids is 1. The Morgan fingerprint density at radius 3 is 2.20 bits per heavy atom. The molecule has 0 unspecified atom stereocenters. The smallest absolute Gasteiger partial charge is 0.319 e. The number of aryl methyl sites for hydroxylation is 3. The topological polar surface area (TPSA) is 66.4 Å². The molecular formula is C16H21NO3. The molecule has 1 aliphatic rings. The maximum absolute atomic E-state index is 11.9. The van der Waals surface area contributed by atoms with Crippen LogP contribution >= 0.6 is 0 Å². The molecule has 2 N–H and O–H groups in total. The normalized spacial score (nSPS) is 15.8. The van der Waals surface area contributed by atoms with Gasteiger partial charge in [-0.3, -0.25) is 9.59 Å². The second-order valence-corrected chi connectivity index (χ2v) is 5.77. The highest BCUT2D eigenvalue weighted by Gasteiger charge is 2.56. The third kappa shape index (κ3) is 2.69. The Morgan fingerprint density at radius 1 is 1.20 bits per heavy atom. The molecule has 20 heavy (non-hydrogen) atoms. The summed E-state index contributed by atoms with van der Waals surface area (Å²) in [5.41, 5.74) is 3.76. The highest BCUT2D eigenvalue weighted by Crippen LogP contribution is 2.46. The summed E-state index contributed by atoms with van der Waals surface area (Å²) in [6, 6.07) is 4.26. The zero-order chi connectivity index (χ0) is 14.9. The molecule has 0 atom stereocenters. The van der Waals surface area contributed by atoms with Crippen LogP contribution in [0.5, 0.6) is 0 Å². The van der Waals surface area contributed by atoms with E-state index in [1.165, 1.54) is 22.3 Å². The molecule has 0 heterocycles. The Morgan fingerprint density at radius 2 is 1.75 bits per heavy atom. The van der Waals surface area contributed by atoms with E-state index in [1.54, 1.807) is 0 Å². The fourth-order valence-corrected chi connectivity index (χ4v) is 2.74. The number of hydrogen-bond acceptors (Lipinski definition) is 2. The predicted octanol–water partition coefficient (Wildman–Crippen LogP) is 2.14. The molecule has 0 bridgehead atoms. The summed E-state index contributed by atoms with van der Waals surface area (Å²) in [5, 5.41) is 11.8. The van der Waals surface area contributed by atoms with Gasteiger partial charge >= 0.3 is 5.97 Å². The quantitative estimate of drug-likeness (QED) is 0.809. The monoisotopic (exact) mass is 275 g/mol. The first-order chi connectivity index (χ1) is 9.36. The Kier molecular flexibility index (Phi) is 3.84. The zero-order valence-corrected chi connectivity index (χ0v) is 12.2. The molecule has 0 radical (unpaired) electrons. The van der Waals surface area contributed by atoms with Gasteiger partial charge in [-0.05, 0) is 56.7 Å². The highest BCUT2D eigenvalue weighted by molar-refractivity contribution is 6.04. The third-order valence-corrected chi connectivity index (χ3v) is 4.09. The molecular weight excluding hydrogens is 254 g/mol. The first-order valence-corrected chi connectivity index (χ1v) is 6.95. The molecule has 4 nitrogen and oxygen atoms in total. The van der Waals surface area contributed by atoms with Crippen molar-refractivity contribution in [3.8, 4) is 0 Å². The van der Waals surface area contributed by atoms with Crippen LogP contribution in [-0.2, 0) is 16.0 Å². The first-order valence-electron chi connectivity index (χ1n) is 6.95. The largest absolute Gasteiger partial charge is 0.480 e. The lowest BCUT2D eigenvalue weighted by Gasteiger charge is -2.14. The van der Waals surface area contributed by atoms with Gasteiger partial charge in [-0.25, -0.2) is 0 Å². The van der Waals surface area contributed by atoms with Gasteiger partial charge in [0.05, 0.1) is 0 Å². The van der Waals surface area contributed by atoms with Crippen LogP contribution in [0.3, 0.4) is 0 Å².